The van der Waals surface area contributed by atoms with E-state index >= 15 is 0 Å². The van der Waals surface area contributed by atoms with Crippen molar-refractivity contribution in [2.75, 3.05) is 48.8 Å². The molecule has 2 amide bonds. The number of piperazine rings is 1. The first-order valence-corrected chi connectivity index (χ1v) is 13.9. The summed E-state index contributed by atoms with van der Waals surface area (Å²) in [4.78, 5) is 30.4. The smallest absolute Gasteiger partial charge is 0.255 e. The van der Waals surface area contributed by atoms with E-state index in [4.69, 9.17) is 0 Å². The fourth-order valence-corrected chi connectivity index (χ4v) is 6.88. The van der Waals surface area contributed by atoms with Gasteiger partial charge in [-0.05, 0) is 37.6 Å². The molecule has 0 aliphatic carbocycles. The van der Waals surface area contributed by atoms with Gasteiger partial charge in [0, 0.05) is 42.8 Å². The Kier molecular flexibility index (Phi) is 7.41. The third-order valence-corrected chi connectivity index (χ3v) is 8.96. The minimum Gasteiger partial charge on any atom is -0.336 e. The lowest BCUT2D eigenvalue weighted by Gasteiger charge is -2.37. The molecule has 2 aromatic carbocycles. The molecule has 7 nitrogen and oxygen atoms in total. The first-order chi connectivity index (χ1) is 15.8. The third-order valence-electron chi connectivity index (χ3n) is 6.14. The number of benzene rings is 2. The lowest BCUT2D eigenvalue weighted by molar-refractivity contribution is -0.113. The van der Waals surface area contributed by atoms with Crippen molar-refractivity contribution in [3.05, 3.63) is 59.7 Å². The summed E-state index contributed by atoms with van der Waals surface area (Å²) in [5.74, 6) is 0.536. The predicted molar refractivity (Wildman–Crippen MR) is 132 cm³/mol. The van der Waals surface area contributed by atoms with Gasteiger partial charge in [0.05, 0.1) is 22.8 Å². The van der Waals surface area contributed by atoms with Crippen LogP contribution in [0.3, 0.4) is 0 Å². The summed E-state index contributed by atoms with van der Waals surface area (Å²) in [7, 11) is -2.92. The van der Waals surface area contributed by atoms with Crippen LogP contribution in [-0.4, -0.2) is 79.5 Å². The largest absolute Gasteiger partial charge is 0.336 e. The highest BCUT2D eigenvalue weighted by atomic mass is 32.2. The zero-order valence-electron chi connectivity index (χ0n) is 18.7. The number of hydrogen-bond acceptors (Lipinski definition) is 6. The Bertz CT molecular complexity index is 1110. The first-order valence-electron chi connectivity index (χ1n) is 11.1. The molecule has 4 rings (SSSR count). The van der Waals surface area contributed by atoms with E-state index in [9.17, 15) is 18.0 Å². The van der Waals surface area contributed by atoms with Crippen molar-refractivity contribution < 1.29 is 18.0 Å². The predicted octanol–water partition coefficient (Wildman–Crippen LogP) is 2.67. The van der Waals surface area contributed by atoms with Gasteiger partial charge in [-0.15, -0.1) is 11.8 Å². The topological polar surface area (TPSA) is 86.8 Å². The number of rotatable bonds is 6. The normalized spacial score (nSPS) is 20.5. The Morgan fingerprint density at radius 2 is 1.73 bits per heavy atom. The number of amides is 2. The van der Waals surface area contributed by atoms with E-state index in [1.165, 1.54) is 11.8 Å². The Labute approximate surface area is 199 Å². The molecule has 0 saturated carbocycles. The molecule has 1 atom stereocenters. The van der Waals surface area contributed by atoms with Gasteiger partial charge in [0.25, 0.3) is 5.91 Å². The van der Waals surface area contributed by atoms with Gasteiger partial charge in [0.2, 0.25) is 5.91 Å². The molecular formula is C24H29N3O4S2. The van der Waals surface area contributed by atoms with Crippen molar-refractivity contribution in [2.24, 2.45) is 0 Å². The van der Waals surface area contributed by atoms with Gasteiger partial charge in [0.1, 0.15) is 0 Å². The van der Waals surface area contributed by atoms with Gasteiger partial charge in [-0.3, -0.25) is 14.5 Å². The zero-order valence-corrected chi connectivity index (χ0v) is 20.3. The van der Waals surface area contributed by atoms with Crippen LogP contribution in [0.2, 0.25) is 0 Å². The molecule has 2 aliphatic rings. The van der Waals surface area contributed by atoms with E-state index in [1.807, 2.05) is 54.3 Å². The summed E-state index contributed by atoms with van der Waals surface area (Å²) in [5, 5.41) is 2.89. The standard InChI is InChI=1S/C24H29N3O4S2/c1-18-6-8-19(9-7-18)25-23(28)16-32-22-5-3-2-4-21(22)24(29)27-13-11-26(12-14-27)20-10-15-33(30,31)17-20/h2-9,20H,10-17H2,1H3,(H,25,28). The maximum Gasteiger partial charge on any atom is 0.255 e. The molecule has 2 saturated heterocycles. The zero-order chi connectivity index (χ0) is 23.4. The van der Waals surface area contributed by atoms with Gasteiger partial charge in [-0.2, -0.15) is 0 Å². The van der Waals surface area contributed by atoms with E-state index in [0.717, 1.165) is 16.1 Å². The average molecular weight is 488 g/mol. The number of nitrogens with zero attached hydrogens (tertiary/aromatic N) is 2. The number of hydrogen-bond donors (Lipinski definition) is 1. The molecule has 1 N–H and O–H groups in total. The maximum absolute atomic E-state index is 13.2. The van der Waals surface area contributed by atoms with Gasteiger partial charge >= 0.3 is 0 Å². The summed E-state index contributed by atoms with van der Waals surface area (Å²) in [5.41, 5.74) is 2.48. The van der Waals surface area contributed by atoms with Crippen LogP contribution >= 0.6 is 11.8 Å². The lowest BCUT2D eigenvalue weighted by Crippen LogP contribution is -2.52. The minimum absolute atomic E-state index is 0.0456. The second-order valence-corrected chi connectivity index (χ2v) is 11.8. The summed E-state index contributed by atoms with van der Waals surface area (Å²) in [6.07, 6.45) is 0.681. The molecule has 2 fully saturated rings. The number of carbonyl (C=O) groups is 2. The van der Waals surface area contributed by atoms with E-state index in [2.05, 4.69) is 10.2 Å². The Balaban J connectivity index is 1.32. The van der Waals surface area contributed by atoms with Crippen LogP contribution in [-0.2, 0) is 14.6 Å². The van der Waals surface area contributed by atoms with Crippen LogP contribution < -0.4 is 5.32 Å². The first kappa shape index (κ1) is 23.8. The SMILES string of the molecule is Cc1ccc(NC(=O)CSc2ccccc2C(=O)N2CCN(C3CCS(=O)(=O)C3)CC2)cc1. The van der Waals surface area contributed by atoms with Crippen LogP contribution in [0.4, 0.5) is 5.69 Å². The second-order valence-electron chi connectivity index (χ2n) is 8.58. The minimum atomic E-state index is -2.92. The Hall–Kier alpha value is -2.36. The van der Waals surface area contributed by atoms with Gasteiger partial charge < -0.3 is 10.2 Å². The molecular weight excluding hydrogens is 458 g/mol. The number of nitrogens with one attached hydrogen (secondary N) is 1. The number of sulfone groups is 1. The van der Waals surface area contributed by atoms with Crippen molar-refractivity contribution in [3.8, 4) is 0 Å². The van der Waals surface area contributed by atoms with Crippen molar-refractivity contribution in [2.45, 2.75) is 24.3 Å². The molecule has 0 aromatic heterocycles. The summed E-state index contributed by atoms with van der Waals surface area (Å²) >= 11 is 1.35. The molecule has 2 aliphatic heterocycles. The fourth-order valence-electron chi connectivity index (χ4n) is 4.27. The Morgan fingerprint density at radius 3 is 2.39 bits per heavy atom. The van der Waals surface area contributed by atoms with Crippen molar-refractivity contribution >= 4 is 39.1 Å². The quantitative estimate of drug-likeness (QED) is 0.631. The highest BCUT2D eigenvalue weighted by Gasteiger charge is 2.34. The van der Waals surface area contributed by atoms with E-state index in [-0.39, 0.29) is 35.1 Å². The highest BCUT2D eigenvalue weighted by Crippen LogP contribution is 2.25. The van der Waals surface area contributed by atoms with E-state index in [1.54, 1.807) is 6.07 Å². The van der Waals surface area contributed by atoms with Crippen LogP contribution in [0.25, 0.3) is 0 Å². The highest BCUT2D eigenvalue weighted by molar-refractivity contribution is 8.00. The van der Waals surface area contributed by atoms with Crippen molar-refractivity contribution in [1.82, 2.24) is 9.80 Å². The summed E-state index contributed by atoms with van der Waals surface area (Å²) in [6.45, 7) is 4.50. The number of aryl methyl sites for hydroxylation is 1. The summed E-state index contributed by atoms with van der Waals surface area (Å²) in [6, 6.07) is 15.1. The fraction of sp³-hybridized carbons (Fsp3) is 0.417. The molecule has 1 unspecified atom stereocenters. The molecule has 33 heavy (non-hydrogen) atoms. The molecule has 176 valence electrons. The van der Waals surface area contributed by atoms with Crippen molar-refractivity contribution in [1.29, 1.82) is 0 Å². The van der Waals surface area contributed by atoms with E-state index < -0.39 is 9.84 Å². The molecule has 9 heteroatoms. The van der Waals surface area contributed by atoms with Crippen LogP contribution in [0.1, 0.15) is 22.3 Å². The van der Waals surface area contributed by atoms with Crippen LogP contribution in [0.5, 0.6) is 0 Å². The molecule has 2 heterocycles. The molecule has 0 radical (unpaired) electrons. The van der Waals surface area contributed by atoms with E-state index in [0.29, 0.717) is 38.2 Å². The number of anilines is 1. The molecule has 2 aromatic rings. The number of thioether (sulfide) groups is 1. The third kappa shape index (κ3) is 6.16. The summed E-state index contributed by atoms with van der Waals surface area (Å²) < 4.78 is 23.6. The van der Waals surface area contributed by atoms with Gasteiger partial charge in [-0.25, -0.2) is 8.42 Å². The van der Waals surface area contributed by atoms with Crippen LogP contribution in [0.15, 0.2) is 53.4 Å². The Morgan fingerprint density at radius 1 is 1.03 bits per heavy atom. The van der Waals surface area contributed by atoms with Gasteiger partial charge in [-0.1, -0.05) is 29.8 Å². The lowest BCUT2D eigenvalue weighted by atomic mass is 10.1. The average Bonchev–Trinajstić information content (AvgIpc) is 3.18. The second kappa shape index (κ2) is 10.3. The monoisotopic (exact) mass is 487 g/mol. The van der Waals surface area contributed by atoms with Crippen molar-refractivity contribution in [3.63, 3.8) is 0 Å². The molecule has 0 spiro atoms. The molecule has 0 bridgehead atoms. The van der Waals surface area contributed by atoms with Gasteiger partial charge in [0.15, 0.2) is 9.84 Å². The number of carbonyl (C=O) groups excluding carboxylic acids is 2. The maximum atomic E-state index is 13.2. The van der Waals surface area contributed by atoms with Crippen LogP contribution in [0, 0.1) is 6.92 Å².